The van der Waals surface area contributed by atoms with Gasteiger partial charge in [0.05, 0.1) is 6.61 Å². The lowest BCUT2D eigenvalue weighted by Crippen LogP contribution is -2.44. The Bertz CT molecular complexity index is 796. The molecule has 4 nitrogen and oxygen atoms in total. The molecule has 0 aliphatic heterocycles. The molecule has 3 rings (SSSR count). The summed E-state index contributed by atoms with van der Waals surface area (Å²) >= 11 is 0. The second kappa shape index (κ2) is 10.4. The highest BCUT2D eigenvalue weighted by molar-refractivity contribution is 5.76. The van der Waals surface area contributed by atoms with Crippen LogP contribution in [0.3, 0.4) is 0 Å². The van der Waals surface area contributed by atoms with Crippen LogP contribution in [-0.2, 0) is 29.2 Å². The fourth-order valence-corrected chi connectivity index (χ4v) is 3.08. The Morgan fingerprint density at radius 1 is 0.750 bits per heavy atom. The van der Waals surface area contributed by atoms with Crippen molar-refractivity contribution >= 4 is 5.97 Å². The number of esters is 1. The van der Waals surface area contributed by atoms with Crippen LogP contribution in [0.5, 0.6) is 0 Å². The molecule has 0 saturated heterocycles. The molecular weight excluding hydrogens is 350 g/mol. The predicted octanol–water partition coefficient (Wildman–Crippen LogP) is 3.79. The van der Waals surface area contributed by atoms with Gasteiger partial charge in [-0.2, -0.15) is 0 Å². The Labute approximate surface area is 166 Å². The van der Waals surface area contributed by atoms with Gasteiger partial charge in [0.15, 0.2) is 0 Å². The maximum atomic E-state index is 12.7. The molecule has 0 aliphatic rings. The normalized spacial score (nSPS) is 11.9. The van der Waals surface area contributed by atoms with Crippen LogP contribution < -0.4 is 0 Å². The number of ether oxygens (including phenoxy) is 1. The Morgan fingerprint density at radius 3 is 1.61 bits per heavy atom. The smallest absolute Gasteiger partial charge is 0.326 e. The van der Waals surface area contributed by atoms with E-state index in [9.17, 15) is 9.90 Å². The zero-order valence-corrected chi connectivity index (χ0v) is 15.8. The van der Waals surface area contributed by atoms with Crippen molar-refractivity contribution < 1.29 is 14.6 Å². The number of hydrogen-bond donors (Lipinski definition) is 1. The lowest BCUT2D eigenvalue weighted by atomic mass is 10.1. The van der Waals surface area contributed by atoms with Crippen LogP contribution in [0, 0.1) is 0 Å². The van der Waals surface area contributed by atoms with Crippen LogP contribution >= 0.6 is 0 Å². The number of aliphatic hydroxyl groups excluding tert-OH is 1. The minimum atomic E-state index is -0.732. The van der Waals surface area contributed by atoms with Gasteiger partial charge in [0.1, 0.15) is 12.6 Å². The number of carbonyl (C=O) groups excluding carboxylic acids is 1. The van der Waals surface area contributed by atoms with Gasteiger partial charge in [-0.1, -0.05) is 91.0 Å². The van der Waals surface area contributed by atoms with Crippen LogP contribution in [-0.4, -0.2) is 28.6 Å². The number of rotatable bonds is 9. The summed E-state index contributed by atoms with van der Waals surface area (Å²) in [5.41, 5.74) is 3.07. The van der Waals surface area contributed by atoms with E-state index in [4.69, 9.17) is 4.74 Å². The lowest BCUT2D eigenvalue weighted by molar-refractivity contribution is -0.153. The predicted molar refractivity (Wildman–Crippen MR) is 109 cm³/mol. The summed E-state index contributed by atoms with van der Waals surface area (Å²) in [5.74, 6) is -0.418. The standard InChI is InChI=1S/C24H25NO3/c26-18-23(24(27)28-19-22-14-8-3-9-15-22)25(16-20-10-4-1-5-11-20)17-21-12-6-2-7-13-21/h1-15,23,26H,16-19H2. The first-order chi connectivity index (χ1) is 13.8. The molecule has 0 bridgehead atoms. The molecule has 3 aromatic rings. The van der Waals surface area contributed by atoms with Crippen molar-refractivity contribution in [1.82, 2.24) is 4.90 Å². The van der Waals surface area contributed by atoms with E-state index in [1.807, 2.05) is 95.9 Å². The van der Waals surface area contributed by atoms with E-state index in [0.29, 0.717) is 13.1 Å². The van der Waals surface area contributed by atoms with Gasteiger partial charge in [-0.15, -0.1) is 0 Å². The second-order valence-corrected chi connectivity index (χ2v) is 6.67. The largest absolute Gasteiger partial charge is 0.460 e. The van der Waals surface area contributed by atoms with E-state index in [2.05, 4.69) is 0 Å². The quantitative estimate of drug-likeness (QED) is 0.578. The van der Waals surface area contributed by atoms with E-state index < -0.39 is 12.0 Å². The van der Waals surface area contributed by atoms with Crippen LogP contribution in [0.15, 0.2) is 91.0 Å². The number of nitrogens with zero attached hydrogens (tertiary/aromatic N) is 1. The topological polar surface area (TPSA) is 49.8 Å². The molecule has 144 valence electrons. The van der Waals surface area contributed by atoms with Gasteiger partial charge in [-0.05, 0) is 16.7 Å². The summed E-state index contributed by atoms with van der Waals surface area (Å²) < 4.78 is 5.50. The maximum Gasteiger partial charge on any atom is 0.326 e. The summed E-state index contributed by atoms with van der Waals surface area (Å²) in [7, 11) is 0. The fraction of sp³-hybridized carbons (Fsp3) is 0.208. The van der Waals surface area contributed by atoms with E-state index in [0.717, 1.165) is 16.7 Å². The summed E-state index contributed by atoms with van der Waals surface area (Å²) in [6, 6.07) is 28.7. The summed E-state index contributed by atoms with van der Waals surface area (Å²) in [6.45, 7) is 0.983. The molecule has 0 spiro atoms. The van der Waals surface area contributed by atoms with Gasteiger partial charge in [0.25, 0.3) is 0 Å². The lowest BCUT2D eigenvalue weighted by Gasteiger charge is -2.29. The van der Waals surface area contributed by atoms with Crippen molar-refractivity contribution in [2.45, 2.75) is 25.7 Å². The van der Waals surface area contributed by atoms with Crippen LogP contribution in [0.2, 0.25) is 0 Å². The Hall–Kier alpha value is -2.95. The first-order valence-corrected chi connectivity index (χ1v) is 9.39. The minimum absolute atomic E-state index is 0.195. The van der Waals surface area contributed by atoms with Crippen molar-refractivity contribution in [3.8, 4) is 0 Å². The van der Waals surface area contributed by atoms with Gasteiger partial charge in [0, 0.05) is 13.1 Å². The molecular formula is C24H25NO3. The van der Waals surface area contributed by atoms with Crippen molar-refractivity contribution in [3.05, 3.63) is 108 Å². The molecule has 1 N–H and O–H groups in total. The highest BCUT2D eigenvalue weighted by Crippen LogP contribution is 2.15. The molecule has 0 aromatic heterocycles. The Balaban J connectivity index is 1.74. The van der Waals surface area contributed by atoms with Gasteiger partial charge in [-0.25, -0.2) is 0 Å². The molecule has 1 unspecified atom stereocenters. The molecule has 0 fully saturated rings. The van der Waals surface area contributed by atoms with Crippen LogP contribution in [0.4, 0.5) is 0 Å². The number of benzene rings is 3. The first kappa shape index (κ1) is 19.8. The molecule has 4 heteroatoms. The molecule has 1 atom stereocenters. The zero-order chi connectivity index (χ0) is 19.6. The third kappa shape index (κ3) is 5.78. The SMILES string of the molecule is O=C(OCc1ccccc1)C(CO)N(Cc1ccccc1)Cc1ccccc1. The molecule has 0 heterocycles. The minimum Gasteiger partial charge on any atom is -0.460 e. The average Bonchev–Trinajstić information content (AvgIpc) is 2.75. The Morgan fingerprint density at radius 2 is 1.18 bits per heavy atom. The summed E-state index contributed by atoms with van der Waals surface area (Å²) in [6.07, 6.45) is 0. The molecule has 3 aromatic carbocycles. The van der Waals surface area contributed by atoms with Gasteiger partial charge in [0.2, 0.25) is 0 Å². The third-order valence-corrected chi connectivity index (χ3v) is 4.57. The van der Waals surface area contributed by atoms with Crippen molar-refractivity contribution in [1.29, 1.82) is 0 Å². The highest BCUT2D eigenvalue weighted by Gasteiger charge is 2.27. The van der Waals surface area contributed by atoms with Crippen molar-refractivity contribution in [2.75, 3.05) is 6.61 Å². The summed E-state index contributed by atoms with van der Waals surface area (Å²) in [5, 5.41) is 9.98. The van der Waals surface area contributed by atoms with E-state index in [1.165, 1.54) is 0 Å². The third-order valence-electron chi connectivity index (χ3n) is 4.57. The zero-order valence-electron chi connectivity index (χ0n) is 15.8. The Kier molecular flexibility index (Phi) is 7.36. The average molecular weight is 375 g/mol. The fourth-order valence-electron chi connectivity index (χ4n) is 3.08. The number of aliphatic hydroxyl groups is 1. The first-order valence-electron chi connectivity index (χ1n) is 9.39. The van der Waals surface area contributed by atoms with Crippen LogP contribution in [0.1, 0.15) is 16.7 Å². The van der Waals surface area contributed by atoms with Gasteiger partial charge < -0.3 is 9.84 Å². The monoisotopic (exact) mass is 375 g/mol. The molecule has 28 heavy (non-hydrogen) atoms. The van der Waals surface area contributed by atoms with E-state index in [1.54, 1.807) is 0 Å². The summed E-state index contributed by atoms with van der Waals surface area (Å²) in [4.78, 5) is 14.7. The number of carbonyl (C=O) groups is 1. The molecule has 0 radical (unpaired) electrons. The van der Waals surface area contributed by atoms with Gasteiger partial charge in [-0.3, -0.25) is 9.69 Å². The second-order valence-electron chi connectivity index (χ2n) is 6.67. The van der Waals surface area contributed by atoms with Crippen LogP contribution in [0.25, 0.3) is 0 Å². The van der Waals surface area contributed by atoms with Crippen molar-refractivity contribution in [2.24, 2.45) is 0 Å². The van der Waals surface area contributed by atoms with Crippen molar-refractivity contribution in [3.63, 3.8) is 0 Å². The van der Waals surface area contributed by atoms with E-state index >= 15 is 0 Å². The number of hydrogen-bond acceptors (Lipinski definition) is 4. The highest BCUT2D eigenvalue weighted by atomic mass is 16.5. The molecule has 0 saturated carbocycles. The molecule has 0 amide bonds. The maximum absolute atomic E-state index is 12.7. The van der Waals surface area contributed by atoms with E-state index in [-0.39, 0.29) is 13.2 Å². The van der Waals surface area contributed by atoms with Gasteiger partial charge >= 0.3 is 5.97 Å². The molecule has 0 aliphatic carbocycles.